The van der Waals surface area contributed by atoms with Gasteiger partial charge in [-0.05, 0) is 18.6 Å². The molecule has 19 heavy (non-hydrogen) atoms. The van der Waals surface area contributed by atoms with E-state index >= 15 is 0 Å². The zero-order chi connectivity index (χ0) is 14.2. The van der Waals surface area contributed by atoms with Crippen LogP contribution >= 0.6 is 0 Å². The number of carboxylic acid groups (broad SMARTS) is 1. The fourth-order valence-corrected chi connectivity index (χ4v) is 1.59. The van der Waals surface area contributed by atoms with E-state index in [4.69, 9.17) is 5.11 Å². The number of halogens is 2. The Morgan fingerprint density at radius 3 is 2.58 bits per heavy atom. The highest BCUT2D eigenvalue weighted by Crippen LogP contribution is 2.18. The van der Waals surface area contributed by atoms with Crippen LogP contribution in [0, 0.1) is 18.6 Å². The Morgan fingerprint density at radius 1 is 1.26 bits per heavy atom. The molecule has 0 unspecified atom stereocenters. The minimum absolute atomic E-state index is 0.0807. The van der Waals surface area contributed by atoms with Gasteiger partial charge in [-0.15, -0.1) is 0 Å². The molecule has 0 aliphatic heterocycles. The molecule has 0 amide bonds. The largest absolute Gasteiger partial charge is 0.477 e. The number of aromatic carboxylic acids is 1. The molecule has 0 radical (unpaired) electrons. The molecule has 0 fully saturated rings. The summed E-state index contributed by atoms with van der Waals surface area (Å²) in [4.78, 5) is 28.7. The molecule has 0 saturated carbocycles. The van der Waals surface area contributed by atoms with Crippen molar-refractivity contribution in [3.05, 3.63) is 52.6 Å². The second-order valence-corrected chi connectivity index (χ2v) is 3.84. The molecule has 7 heteroatoms. The lowest BCUT2D eigenvalue weighted by Crippen LogP contribution is -2.11. The monoisotopic (exact) mass is 266 g/mol. The van der Waals surface area contributed by atoms with E-state index in [1.807, 2.05) is 0 Å². The number of nitrogens with zero attached hydrogens (tertiary/aromatic N) is 1. The van der Waals surface area contributed by atoms with Gasteiger partial charge in [-0.2, -0.15) is 0 Å². The van der Waals surface area contributed by atoms with E-state index in [2.05, 4.69) is 9.97 Å². The van der Waals surface area contributed by atoms with Crippen LogP contribution in [0.15, 0.2) is 18.5 Å². The van der Waals surface area contributed by atoms with Crippen molar-refractivity contribution >= 4 is 11.8 Å². The van der Waals surface area contributed by atoms with Crippen LogP contribution < -0.4 is 0 Å². The molecular weight excluding hydrogens is 258 g/mol. The van der Waals surface area contributed by atoms with Gasteiger partial charge in [0.1, 0.15) is 17.3 Å². The maximum atomic E-state index is 13.6. The summed E-state index contributed by atoms with van der Waals surface area (Å²) in [5.41, 5.74) is -1.20. The molecule has 0 bridgehead atoms. The van der Waals surface area contributed by atoms with E-state index in [-0.39, 0.29) is 5.56 Å². The van der Waals surface area contributed by atoms with Crippen molar-refractivity contribution in [3.8, 4) is 0 Å². The van der Waals surface area contributed by atoms with Gasteiger partial charge < -0.3 is 10.1 Å². The summed E-state index contributed by atoms with van der Waals surface area (Å²) in [5.74, 6) is -4.15. The molecule has 5 nitrogen and oxygen atoms in total. The first-order chi connectivity index (χ1) is 8.91. The van der Waals surface area contributed by atoms with E-state index in [1.54, 1.807) is 0 Å². The Kier molecular flexibility index (Phi) is 3.12. The van der Waals surface area contributed by atoms with Gasteiger partial charge in [-0.3, -0.25) is 4.79 Å². The lowest BCUT2D eigenvalue weighted by molar-refractivity contribution is 0.0686. The van der Waals surface area contributed by atoms with Crippen LogP contribution in [-0.2, 0) is 0 Å². The number of hydrogen-bond acceptors (Lipinski definition) is 3. The van der Waals surface area contributed by atoms with Crippen LogP contribution in [0.5, 0.6) is 0 Å². The number of rotatable bonds is 3. The van der Waals surface area contributed by atoms with Gasteiger partial charge in [0.15, 0.2) is 5.69 Å². The summed E-state index contributed by atoms with van der Waals surface area (Å²) in [5, 5.41) is 8.84. The summed E-state index contributed by atoms with van der Waals surface area (Å²) in [6, 6.07) is 1.60. The molecule has 0 spiro atoms. The third kappa shape index (κ3) is 2.22. The summed E-state index contributed by atoms with van der Waals surface area (Å²) in [7, 11) is 0. The van der Waals surface area contributed by atoms with Crippen LogP contribution in [0.1, 0.15) is 32.1 Å². The minimum Gasteiger partial charge on any atom is -0.477 e. The average molecular weight is 266 g/mol. The first-order valence-corrected chi connectivity index (χ1v) is 5.19. The fourth-order valence-electron chi connectivity index (χ4n) is 1.59. The lowest BCUT2D eigenvalue weighted by atomic mass is 10.0. The van der Waals surface area contributed by atoms with E-state index in [0.29, 0.717) is 6.07 Å². The maximum absolute atomic E-state index is 13.6. The quantitative estimate of drug-likeness (QED) is 0.831. The first-order valence-electron chi connectivity index (χ1n) is 5.19. The van der Waals surface area contributed by atoms with Gasteiger partial charge in [-0.1, -0.05) is 0 Å². The molecule has 0 saturated heterocycles. The highest BCUT2D eigenvalue weighted by Gasteiger charge is 2.24. The molecular formula is C12H8F2N2O3. The Bertz CT molecular complexity index is 680. The SMILES string of the molecule is Cc1cc(C(=O)c2nc[nH]c2C(=O)O)c(F)cc1F. The zero-order valence-corrected chi connectivity index (χ0v) is 9.70. The van der Waals surface area contributed by atoms with Gasteiger partial charge in [0.2, 0.25) is 5.78 Å². The summed E-state index contributed by atoms with van der Waals surface area (Å²) in [6.07, 6.45) is 1.02. The molecule has 1 heterocycles. The third-order valence-corrected chi connectivity index (χ3v) is 2.56. The number of carbonyl (C=O) groups is 2. The Morgan fingerprint density at radius 2 is 1.95 bits per heavy atom. The van der Waals surface area contributed by atoms with E-state index in [0.717, 1.165) is 12.4 Å². The van der Waals surface area contributed by atoms with Gasteiger partial charge >= 0.3 is 5.97 Å². The second kappa shape index (κ2) is 4.60. The predicted octanol–water partition coefficient (Wildman–Crippen LogP) is 1.93. The second-order valence-electron chi connectivity index (χ2n) is 3.84. The standard InChI is InChI=1S/C12H8F2N2O3/c1-5-2-6(8(14)3-7(5)13)11(17)9-10(12(18)19)16-4-15-9/h2-4H,1H3,(H,15,16)(H,18,19). The van der Waals surface area contributed by atoms with E-state index in [1.165, 1.54) is 6.92 Å². The van der Waals surface area contributed by atoms with Crippen molar-refractivity contribution in [1.29, 1.82) is 0 Å². The van der Waals surface area contributed by atoms with Gasteiger partial charge in [0.05, 0.1) is 11.9 Å². The number of benzene rings is 1. The normalized spacial score (nSPS) is 10.5. The Balaban J connectivity index is 2.53. The Hall–Kier alpha value is -2.57. The maximum Gasteiger partial charge on any atom is 0.354 e. The minimum atomic E-state index is -1.39. The van der Waals surface area contributed by atoms with Crippen molar-refractivity contribution in [1.82, 2.24) is 9.97 Å². The summed E-state index contributed by atoms with van der Waals surface area (Å²) in [6.45, 7) is 1.37. The van der Waals surface area contributed by atoms with Crippen LogP contribution in [0.2, 0.25) is 0 Å². The average Bonchev–Trinajstić information content (AvgIpc) is 2.82. The lowest BCUT2D eigenvalue weighted by Gasteiger charge is -2.04. The topological polar surface area (TPSA) is 83.0 Å². The number of aromatic nitrogens is 2. The number of carboxylic acids is 1. The molecule has 2 N–H and O–H groups in total. The fraction of sp³-hybridized carbons (Fsp3) is 0.0833. The summed E-state index contributed by atoms with van der Waals surface area (Å²) < 4.78 is 26.7. The number of carbonyl (C=O) groups excluding carboxylic acids is 1. The number of ketones is 1. The number of hydrogen-bond donors (Lipinski definition) is 2. The highest BCUT2D eigenvalue weighted by molar-refractivity contribution is 6.12. The molecule has 98 valence electrons. The zero-order valence-electron chi connectivity index (χ0n) is 9.70. The van der Waals surface area contributed by atoms with Crippen molar-refractivity contribution < 1.29 is 23.5 Å². The number of nitrogens with one attached hydrogen (secondary N) is 1. The number of aryl methyl sites for hydroxylation is 1. The highest BCUT2D eigenvalue weighted by atomic mass is 19.1. The number of aromatic amines is 1. The van der Waals surface area contributed by atoms with Crippen molar-refractivity contribution in [3.63, 3.8) is 0 Å². The molecule has 2 rings (SSSR count). The van der Waals surface area contributed by atoms with Gasteiger partial charge in [0, 0.05) is 6.07 Å². The van der Waals surface area contributed by atoms with Crippen molar-refractivity contribution in [2.45, 2.75) is 6.92 Å². The van der Waals surface area contributed by atoms with Gasteiger partial charge in [0.25, 0.3) is 0 Å². The Labute approximate surface area is 105 Å². The van der Waals surface area contributed by atoms with Crippen LogP contribution in [-0.4, -0.2) is 26.8 Å². The summed E-state index contributed by atoms with van der Waals surface area (Å²) >= 11 is 0. The van der Waals surface area contributed by atoms with Crippen LogP contribution in [0.3, 0.4) is 0 Å². The number of imidazole rings is 1. The smallest absolute Gasteiger partial charge is 0.354 e. The van der Waals surface area contributed by atoms with Crippen LogP contribution in [0.25, 0.3) is 0 Å². The predicted molar refractivity (Wildman–Crippen MR) is 60.1 cm³/mol. The van der Waals surface area contributed by atoms with E-state index < -0.39 is 40.3 Å². The first kappa shape index (κ1) is 12.9. The van der Waals surface area contributed by atoms with Crippen LogP contribution in [0.4, 0.5) is 8.78 Å². The van der Waals surface area contributed by atoms with Crippen molar-refractivity contribution in [2.75, 3.05) is 0 Å². The molecule has 0 aliphatic carbocycles. The van der Waals surface area contributed by atoms with Crippen molar-refractivity contribution in [2.24, 2.45) is 0 Å². The third-order valence-electron chi connectivity index (χ3n) is 2.56. The molecule has 0 aliphatic rings. The molecule has 1 aromatic carbocycles. The van der Waals surface area contributed by atoms with Gasteiger partial charge in [-0.25, -0.2) is 18.6 Å². The molecule has 2 aromatic rings. The number of H-pyrrole nitrogens is 1. The molecule has 0 atom stereocenters. The molecule has 1 aromatic heterocycles. The van der Waals surface area contributed by atoms with E-state index in [9.17, 15) is 18.4 Å².